The molecule has 0 aliphatic carbocycles. The van der Waals surface area contributed by atoms with Crippen LogP contribution in [-0.2, 0) is 20.4 Å². The van der Waals surface area contributed by atoms with Crippen LogP contribution in [0.15, 0.2) is 5.10 Å². The maximum absolute atomic E-state index is 11.6. The van der Waals surface area contributed by atoms with Crippen molar-refractivity contribution in [2.75, 3.05) is 12.0 Å². The van der Waals surface area contributed by atoms with E-state index in [1.807, 2.05) is 0 Å². The Kier molecular flexibility index (Phi) is 4.60. The van der Waals surface area contributed by atoms with E-state index in [0.717, 1.165) is 0 Å². The fourth-order valence-corrected chi connectivity index (χ4v) is 2.13. The summed E-state index contributed by atoms with van der Waals surface area (Å²) in [4.78, 5) is 22.4. The lowest BCUT2D eigenvalue weighted by molar-refractivity contribution is -0.121. The van der Waals surface area contributed by atoms with E-state index in [1.165, 1.54) is 0 Å². The fourth-order valence-electron chi connectivity index (χ4n) is 1.34. The third-order valence-corrected chi connectivity index (χ3v) is 3.00. The van der Waals surface area contributed by atoms with Crippen LogP contribution in [0.4, 0.5) is 0 Å². The minimum absolute atomic E-state index is 0.168. The second-order valence-electron chi connectivity index (χ2n) is 3.71. The van der Waals surface area contributed by atoms with Crippen molar-refractivity contribution in [2.45, 2.75) is 25.8 Å². The third kappa shape index (κ3) is 4.09. The fraction of sp³-hybridized carbons (Fsp3) is 0.667. The van der Waals surface area contributed by atoms with Crippen LogP contribution < -0.4 is 10.7 Å². The number of nitrogens with zero attached hydrogens (tertiary/aromatic N) is 1. The third-order valence-electron chi connectivity index (χ3n) is 2.03. The summed E-state index contributed by atoms with van der Waals surface area (Å²) in [5.74, 6) is -0.0806. The second-order valence-corrected chi connectivity index (χ2v) is 5.19. The molecule has 1 rings (SSSR count). The molecule has 0 aromatic rings. The zero-order valence-electron chi connectivity index (χ0n) is 9.28. The van der Waals surface area contributed by atoms with Gasteiger partial charge in [-0.2, -0.15) is 5.10 Å². The molecule has 0 aromatic heterocycles. The topological polar surface area (TPSA) is 87.6 Å². The summed E-state index contributed by atoms with van der Waals surface area (Å²) >= 11 is 0. The summed E-state index contributed by atoms with van der Waals surface area (Å²) < 4.78 is 10.9. The Morgan fingerprint density at radius 3 is 2.81 bits per heavy atom. The van der Waals surface area contributed by atoms with Gasteiger partial charge in [-0.3, -0.25) is 13.8 Å². The highest BCUT2D eigenvalue weighted by molar-refractivity contribution is 7.84. The standard InChI is InChI=1S/C9H15N3O3S/c1-6(5-16(2)15)10-9(14)7-3-4-8(13)12-11-7/h6H,3-5H2,1-2H3,(H,10,14)(H,12,13). The first-order chi connectivity index (χ1) is 7.49. The molecule has 0 radical (unpaired) electrons. The minimum atomic E-state index is -0.947. The molecule has 0 saturated carbocycles. The number of amides is 2. The van der Waals surface area contributed by atoms with Gasteiger partial charge in [-0.1, -0.05) is 0 Å². The van der Waals surface area contributed by atoms with Crippen LogP contribution in [0, 0.1) is 0 Å². The van der Waals surface area contributed by atoms with Crippen LogP contribution in [0.2, 0.25) is 0 Å². The zero-order chi connectivity index (χ0) is 12.1. The first-order valence-corrected chi connectivity index (χ1v) is 6.68. The van der Waals surface area contributed by atoms with Crippen LogP contribution in [0.5, 0.6) is 0 Å². The second kappa shape index (κ2) is 5.74. The van der Waals surface area contributed by atoms with Crippen molar-refractivity contribution in [1.29, 1.82) is 0 Å². The normalized spacial score (nSPS) is 19.4. The van der Waals surface area contributed by atoms with Crippen LogP contribution in [0.1, 0.15) is 19.8 Å². The summed E-state index contributed by atoms with van der Waals surface area (Å²) in [5, 5.41) is 6.35. The van der Waals surface area contributed by atoms with E-state index in [9.17, 15) is 13.8 Å². The Balaban J connectivity index is 2.46. The molecule has 0 aromatic carbocycles. The van der Waals surface area contributed by atoms with Crippen molar-refractivity contribution in [2.24, 2.45) is 5.10 Å². The molecule has 0 bridgehead atoms. The first kappa shape index (κ1) is 12.8. The van der Waals surface area contributed by atoms with E-state index in [-0.39, 0.29) is 24.3 Å². The van der Waals surface area contributed by atoms with Gasteiger partial charge in [0, 0.05) is 41.7 Å². The number of carbonyl (C=O) groups is 2. The molecule has 0 spiro atoms. The molecule has 2 N–H and O–H groups in total. The Morgan fingerprint density at radius 1 is 1.62 bits per heavy atom. The average Bonchev–Trinajstić information content (AvgIpc) is 2.16. The maximum atomic E-state index is 11.6. The Morgan fingerprint density at radius 2 is 2.31 bits per heavy atom. The van der Waals surface area contributed by atoms with Crippen molar-refractivity contribution in [3.8, 4) is 0 Å². The molecule has 0 saturated heterocycles. The number of hydrazone groups is 1. The summed E-state index contributed by atoms with van der Waals surface area (Å²) in [7, 11) is -0.947. The molecule has 1 aliphatic heterocycles. The van der Waals surface area contributed by atoms with Crippen molar-refractivity contribution >= 4 is 28.3 Å². The van der Waals surface area contributed by atoms with Gasteiger partial charge in [-0.25, -0.2) is 5.43 Å². The van der Waals surface area contributed by atoms with Gasteiger partial charge >= 0.3 is 0 Å². The van der Waals surface area contributed by atoms with Gasteiger partial charge in [0.25, 0.3) is 5.91 Å². The SMILES string of the molecule is CC(CS(C)=O)NC(=O)C1=NNC(=O)CC1. The lowest BCUT2D eigenvalue weighted by Crippen LogP contribution is -2.42. The minimum Gasteiger partial charge on any atom is -0.348 e. The molecule has 16 heavy (non-hydrogen) atoms. The lowest BCUT2D eigenvalue weighted by atomic mass is 10.1. The van der Waals surface area contributed by atoms with Crippen molar-refractivity contribution in [3.63, 3.8) is 0 Å². The highest BCUT2D eigenvalue weighted by Crippen LogP contribution is 2.00. The maximum Gasteiger partial charge on any atom is 0.267 e. The summed E-state index contributed by atoms with van der Waals surface area (Å²) in [5.41, 5.74) is 2.57. The smallest absolute Gasteiger partial charge is 0.267 e. The van der Waals surface area contributed by atoms with E-state index in [0.29, 0.717) is 17.9 Å². The molecule has 2 unspecified atom stereocenters. The molecular weight excluding hydrogens is 230 g/mol. The summed E-state index contributed by atoms with van der Waals surface area (Å²) in [6.07, 6.45) is 2.21. The van der Waals surface area contributed by atoms with Crippen LogP contribution >= 0.6 is 0 Å². The molecule has 7 heteroatoms. The van der Waals surface area contributed by atoms with Gasteiger partial charge in [-0.05, 0) is 6.92 Å². The Labute approximate surface area is 96.3 Å². The number of hydrogen-bond donors (Lipinski definition) is 2. The molecular formula is C9H15N3O3S. The van der Waals surface area contributed by atoms with E-state index in [4.69, 9.17) is 0 Å². The van der Waals surface area contributed by atoms with Gasteiger partial charge in [0.15, 0.2) is 0 Å². The van der Waals surface area contributed by atoms with E-state index in [2.05, 4.69) is 15.8 Å². The highest BCUT2D eigenvalue weighted by atomic mass is 32.2. The monoisotopic (exact) mass is 245 g/mol. The van der Waals surface area contributed by atoms with Gasteiger partial charge in [0.1, 0.15) is 5.71 Å². The van der Waals surface area contributed by atoms with Crippen molar-refractivity contribution in [3.05, 3.63) is 0 Å². The Bertz CT molecular complexity index is 354. The summed E-state index contributed by atoms with van der Waals surface area (Å²) in [6, 6.07) is -0.168. The zero-order valence-corrected chi connectivity index (χ0v) is 10.1. The Hall–Kier alpha value is -1.24. The number of carbonyl (C=O) groups excluding carboxylic acids is 2. The first-order valence-electron chi connectivity index (χ1n) is 4.95. The largest absolute Gasteiger partial charge is 0.348 e. The molecule has 2 amide bonds. The number of nitrogens with one attached hydrogen (secondary N) is 2. The van der Waals surface area contributed by atoms with E-state index < -0.39 is 10.8 Å². The predicted octanol–water partition coefficient (Wildman–Crippen LogP) is -0.864. The van der Waals surface area contributed by atoms with Crippen LogP contribution in [0.3, 0.4) is 0 Å². The van der Waals surface area contributed by atoms with E-state index in [1.54, 1.807) is 13.2 Å². The number of hydrogen-bond acceptors (Lipinski definition) is 4. The van der Waals surface area contributed by atoms with E-state index >= 15 is 0 Å². The molecule has 1 heterocycles. The lowest BCUT2D eigenvalue weighted by Gasteiger charge is -2.15. The predicted molar refractivity (Wildman–Crippen MR) is 61.3 cm³/mol. The van der Waals surface area contributed by atoms with Gasteiger partial charge < -0.3 is 5.32 Å². The van der Waals surface area contributed by atoms with Crippen molar-refractivity contribution < 1.29 is 13.8 Å². The molecule has 0 fully saturated rings. The van der Waals surface area contributed by atoms with Crippen molar-refractivity contribution in [1.82, 2.24) is 10.7 Å². The summed E-state index contributed by atoms with van der Waals surface area (Å²) in [6.45, 7) is 1.78. The van der Waals surface area contributed by atoms with Gasteiger partial charge in [-0.15, -0.1) is 0 Å². The molecule has 6 nitrogen and oxygen atoms in total. The quantitative estimate of drug-likeness (QED) is 0.675. The number of rotatable bonds is 4. The van der Waals surface area contributed by atoms with Crippen LogP contribution in [0.25, 0.3) is 0 Å². The molecule has 90 valence electrons. The van der Waals surface area contributed by atoms with Gasteiger partial charge in [0.2, 0.25) is 5.91 Å². The molecule has 1 aliphatic rings. The van der Waals surface area contributed by atoms with Crippen LogP contribution in [-0.4, -0.2) is 39.8 Å². The van der Waals surface area contributed by atoms with Gasteiger partial charge in [0.05, 0.1) is 0 Å². The highest BCUT2D eigenvalue weighted by Gasteiger charge is 2.19. The molecule has 2 atom stereocenters. The average molecular weight is 245 g/mol.